The summed E-state index contributed by atoms with van der Waals surface area (Å²) < 4.78 is 24.6. The number of carbonyl (C=O) groups is 1. The van der Waals surface area contributed by atoms with Crippen molar-refractivity contribution in [3.05, 3.63) is 42.7 Å². The number of nitrogens with zero attached hydrogens (tertiary/aromatic N) is 4. The summed E-state index contributed by atoms with van der Waals surface area (Å²) >= 11 is 0. The van der Waals surface area contributed by atoms with Crippen LogP contribution in [0.5, 0.6) is 0 Å². The van der Waals surface area contributed by atoms with E-state index in [-0.39, 0.29) is 29.7 Å². The predicted octanol–water partition coefficient (Wildman–Crippen LogP) is 2.34. The first-order chi connectivity index (χ1) is 15.3. The van der Waals surface area contributed by atoms with Crippen LogP contribution in [0, 0.1) is 5.92 Å². The second-order valence-electron chi connectivity index (χ2n) is 8.55. The summed E-state index contributed by atoms with van der Waals surface area (Å²) in [5, 5.41) is 11.7. The van der Waals surface area contributed by atoms with Gasteiger partial charge in [-0.15, -0.1) is 0 Å². The minimum atomic E-state index is -3.12. The summed E-state index contributed by atoms with van der Waals surface area (Å²) in [5.41, 5.74) is 0.980. The number of sulfone groups is 1. The van der Waals surface area contributed by atoms with Gasteiger partial charge in [-0.25, -0.2) is 18.1 Å². The molecule has 1 aliphatic carbocycles. The van der Waals surface area contributed by atoms with Crippen molar-refractivity contribution in [2.75, 3.05) is 17.3 Å². The van der Waals surface area contributed by atoms with Gasteiger partial charge < -0.3 is 10.6 Å². The van der Waals surface area contributed by atoms with Gasteiger partial charge >= 0.3 is 0 Å². The molecule has 1 aliphatic rings. The molecule has 1 fully saturated rings. The van der Waals surface area contributed by atoms with Crippen LogP contribution in [0.2, 0.25) is 0 Å². The summed E-state index contributed by atoms with van der Waals surface area (Å²) in [5.74, 6) is 1.02. The van der Waals surface area contributed by atoms with Crippen molar-refractivity contribution in [3.63, 3.8) is 0 Å². The van der Waals surface area contributed by atoms with Crippen molar-refractivity contribution >= 4 is 32.6 Å². The second-order valence-corrected chi connectivity index (χ2v) is 10.7. The van der Waals surface area contributed by atoms with Gasteiger partial charge in [-0.05, 0) is 38.7 Å². The number of carbonyl (C=O) groups excluding carboxylic acids is 1. The Balaban J connectivity index is 1.34. The van der Waals surface area contributed by atoms with Crippen molar-refractivity contribution in [2.24, 2.45) is 5.92 Å². The molecule has 4 rings (SSSR count). The van der Waals surface area contributed by atoms with Crippen molar-refractivity contribution in [3.8, 4) is 5.82 Å². The lowest BCUT2D eigenvalue weighted by atomic mass is 9.85. The fourth-order valence-corrected chi connectivity index (χ4v) is 5.22. The molecule has 1 saturated carbocycles. The Labute approximate surface area is 187 Å². The SMILES string of the molecule is CC(CS(C)(=O)=O)NC(=O)C1CCC(Nc2nccc(-n3ncc4ccccc43)n2)CC1. The number of aromatic nitrogens is 4. The highest BCUT2D eigenvalue weighted by Crippen LogP contribution is 2.26. The zero-order valence-corrected chi connectivity index (χ0v) is 19.0. The molecule has 3 aromatic rings. The van der Waals surface area contributed by atoms with E-state index in [0.717, 1.165) is 36.6 Å². The first-order valence-electron chi connectivity index (χ1n) is 10.8. The van der Waals surface area contributed by atoms with Crippen LogP contribution in [0.1, 0.15) is 32.6 Å². The minimum Gasteiger partial charge on any atom is -0.352 e. The minimum absolute atomic E-state index is 0.0468. The number of para-hydroxylation sites is 1. The zero-order chi connectivity index (χ0) is 22.7. The third-order valence-corrected chi connectivity index (χ3v) is 6.81. The molecule has 0 bridgehead atoms. The third kappa shape index (κ3) is 5.42. The van der Waals surface area contributed by atoms with Gasteiger partial charge in [0.2, 0.25) is 11.9 Å². The van der Waals surface area contributed by atoms with Crippen LogP contribution in [-0.4, -0.2) is 58.2 Å². The van der Waals surface area contributed by atoms with Gasteiger partial charge in [0.1, 0.15) is 9.84 Å². The second kappa shape index (κ2) is 9.23. The van der Waals surface area contributed by atoms with E-state index in [9.17, 15) is 13.2 Å². The van der Waals surface area contributed by atoms with E-state index in [1.54, 1.807) is 17.8 Å². The molecule has 10 heteroatoms. The lowest BCUT2D eigenvalue weighted by Crippen LogP contribution is -2.42. The lowest BCUT2D eigenvalue weighted by molar-refractivity contribution is -0.126. The molecule has 2 heterocycles. The van der Waals surface area contributed by atoms with Crippen molar-refractivity contribution in [2.45, 2.75) is 44.7 Å². The maximum atomic E-state index is 12.5. The Bertz CT molecular complexity index is 1200. The van der Waals surface area contributed by atoms with E-state index < -0.39 is 9.84 Å². The number of benzene rings is 1. The average molecular weight is 457 g/mol. The fourth-order valence-electron chi connectivity index (χ4n) is 4.23. The largest absolute Gasteiger partial charge is 0.352 e. The van der Waals surface area contributed by atoms with Crippen LogP contribution < -0.4 is 10.6 Å². The van der Waals surface area contributed by atoms with E-state index in [2.05, 4.69) is 25.7 Å². The molecule has 1 unspecified atom stereocenters. The molecule has 170 valence electrons. The molecule has 32 heavy (non-hydrogen) atoms. The molecule has 0 aliphatic heterocycles. The Morgan fingerprint density at radius 2 is 1.94 bits per heavy atom. The van der Waals surface area contributed by atoms with Gasteiger partial charge in [-0.3, -0.25) is 4.79 Å². The Kier molecular flexibility index (Phi) is 6.40. The molecule has 9 nitrogen and oxygen atoms in total. The summed E-state index contributed by atoms with van der Waals surface area (Å²) in [4.78, 5) is 21.5. The van der Waals surface area contributed by atoms with Crippen molar-refractivity contribution in [1.29, 1.82) is 0 Å². The monoisotopic (exact) mass is 456 g/mol. The van der Waals surface area contributed by atoms with Crippen LogP contribution in [0.4, 0.5) is 5.95 Å². The molecule has 1 amide bonds. The average Bonchev–Trinajstić information content (AvgIpc) is 3.17. The normalized spacial score (nSPS) is 20.1. The van der Waals surface area contributed by atoms with Crippen LogP contribution in [0.15, 0.2) is 42.7 Å². The number of rotatable bonds is 7. The van der Waals surface area contributed by atoms with Crippen LogP contribution in [0.3, 0.4) is 0 Å². The highest BCUT2D eigenvalue weighted by atomic mass is 32.2. The highest BCUT2D eigenvalue weighted by molar-refractivity contribution is 7.90. The Morgan fingerprint density at radius 1 is 1.19 bits per heavy atom. The van der Waals surface area contributed by atoms with E-state index in [4.69, 9.17) is 0 Å². The first kappa shape index (κ1) is 22.2. The van der Waals surface area contributed by atoms with Crippen LogP contribution in [0.25, 0.3) is 16.7 Å². The molecular formula is C22H28N6O3S. The molecular weight excluding hydrogens is 428 g/mol. The quantitative estimate of drug-likeness (QED) is 0.560. The van der Waals surface area contributed by atoms with E-state index in [1.165, 1.54) is 6.26 Å². The Morgan fingerprint density at radius 3 is 2.69 bits per heavy atom. The van der Waals surface area contributed by atoms with Gasteiger partial charge in [-0.1, -0.05) is 18.2 Å². The van der Waals surface area contributed by atoms with E-state index in [0.29, 0.717) is 11.8 Å². The Hall–Kier alpha value is -3.01. The third-order valence-electron chi connectivity index (χ3n) is 5.71. The summed E-state index contributed by atoms with van der Waals surface area (Å²) in [7, 11) is -3.12. The highest BCUT2D eigenvalue weighted by Gasteiger charge is 2.28. The van der Waals surface area contributed by atoms with Gasteiger partial charge in [0.15, 0.2) is 5.82 Å². The van der Waals surface area contributed by atoms with Gasteiger partial charge in [0.05, 0.1) is 17.5 Å². The number of fused-ring (bicyclic) bond motifs is 1. The van der Waals surface area contributed by atoms with E-state index >= 15 is 0 Å². The molecule has 2 N–H and O–H groups in total. The number of hydrogen-bond acceptors (Lipinski definition) is 7. The lowest BCUT2D eigenvalue weighted by Gasteiger charge is -2.29. The van der Waals surface area contributed by atoms with E-state index in [1.807, 2.05) is 36.5 Å². The number of nitrogens with one attached hydrogen (secondary N) is 2. The predicted molar refractivity (Wildman–Crippen MR) is 123 cm³/mol. The fraction of sp³-hybridized carbons (Fsp3) is 0.455. The maximum absolute atomic E-state index is 12.5. The maximum Gasteiger partial charge on any atom is 0.224 e. The molecule has 0 radical (unpaired) electrons. The number of amides is 1. The topological polar surface area (TPSA) is 119 Å². The molecule has 2 aromatic heterocycles. The molecule has 0 saturated heterocycles. The van der Waals surface area contributed by atoms with Crippen molar-refractivity contribution < 1.29 is 13.2 Å². The smallest absolute Gasteiger partial charge is 0.224 e. The van der Waals surface area contributed by atoms with Crippen molar-refractivity contribution in [1.82, 2.24) is 25.1 Å². The summed E-state index contributed by atoms with van der Waals surface area (Å²) in [6.07, 6.45) is 7.81. The summed E-state index contributed by atoms with van der Waals surface area (Å²) in [6.45, 7) is 1.72. The molecule has 0 spiro atoms. The molecule has 1 aromatic carbocycles. The van der Waals surface area contributed by atoms with Gasteiger partial charge in [-0.2, -0.15) is 10.1 Å². The standard InChI is InChI=1S/C22H28N6O3S/c1-15(14-32(2,30)31)25-21(29)16-7-9-18(10-8-16)26-22-23-12-11-20(27-22)28-19-6-4-3-5-17(19)13-24-28/h3-6,11-13,15-16,18H,7-10,14H2,1-2H3,(H,25,29)(H,23,26,27). The zero-order valence-electron chi connectivity index (χ0n) is 18.2. The van der Waals surface area contributed by atoms with Gasteiger partial charge in [0.25, 0.3) is 0 Å². The van der Waals surface area contributed by atoms with Crippen LogP contribution >= 0.6 is 0 Å². The number of anilines is 1. The molecule has 1 atom stereocenters. The number of hydrogen-bond donors (Lipinski definition) is 2. The van der Waals surface area contributed by atoms with Crippen LogP contribution in [-0.2, 0) is 14.6 Å². The first-order valence-corrected chi connectivity index (χ1v) is 12.9. The van der Waals surface area contributed by atoms with Gasteiger partial charge in [0, 0.05) is 41.9 Å². The summed E-state index contributed by atoms with van der Waals surface area (Å²) in [6, 6.07) is 9.57.